The van der Waals surface area contributed by atoms with Gasteiger partial charge in [0.05, 0.1) is 25.2 Å². The highest BCUT2D eigenvalue weighted by atomic mass is 16.5. The molecule has 2 N–H and O–H groups in total. The van der Waals surface area contributed by atoms with E-state index < -0.39 is 5.97 Å². The van der Waals surface area contributed by atoms with Crippen LogP contribution in [-0.4, -0.2) is 62.0 Å². The maximum absolute atomic E-state index is 12.3. The zero-order chi connectivity index (χ0) is 25.3. The number of aryl methyl sites for hydroxylation is 1. The molecule has 36 heavy (non-hydrogen) atoms. The molecule has 0 amide bonds. The van der Waals surface area contributed by atoms with Gasteiger partial charge in [0.2, 0.25) is 5.76 Å². The number of anilines is 1. The maximum Gasteiger partial charge on any atom is 0.374 e. The second kappa shape index (κ2) is 12.8. The minimum atomic E-state index is -0.422. The Morgan fingerprint density at radius 2 is 2.08 bits per heavy atom. The monoisotopic (exact) mass is 495 g/mol. The molecule has 0 spiro atoms. The number of morpholine rings is 1. The molecule has 2 heterocycles. The van der Waals surface area contributed by atoms with E-state index >= 15 is 0 Å². The summed E-state index contributed by atoms with van der Waals surface area (Å²) in [7, 11) is 0. The molecule has 1 aliphatic heterocycles. The molecule has 1 aromatic carbocycles. The predicted octanol–water partition coefficient (Wildman–Crippen LogP) is 4.32. The van der Waals surface area contributed by atoms with Gasteiger partial charge >= 0.3 is 5.97 Å². The third-order valence-electron chi connectivity index (χ3n) is 7.55. The molecule has 1 aliphatic carbocycles. The Bertz CT molecular complexity index is 1030. The van der Waals surface area contributed by atoms with Crippen LogP contribution in [0.25, 0.3) is 0 Å². The van der Waals surface area contributed by atoms with Crippen LogP contribution in [0.3, 0.4) is 0 Å². The summed E-state index contributed by atoms with van der Waals surface area (Å²) in [6, 6.07) is 13.2. The largest absolute Gasteiger partial charge is 0.508 e. The van der Waals surface area contributed by atoms with Gasteiger partial charge in [-0.25, -0.2) is 4.79 Å². The lowest BCUT2D eigenvalue weighted by Crippen LogP contribution is -2.38. The van der Waals surface area contributed by atoms with Gasteiger partial charge in [-0.3, -0.25) is 4.90 Å². The summed E-state index contributed by atoms with van der Waals surface area (Å²) in [5.74, 6) is 2.02. The molecule has 0 radical (unpaired) electrons. The fourth-order valence-electron chi connectivity index (χ4n) is 5.56. The van der Waals surface area contributed by atoms with Crippen molar-refractivity contribution >= 4 is 11.7 Å². The van der Waals surface area contributed by atoms with Crippen molar-refractivity contribution in [3.63, 3.8) is 0 Å². The Morgan fingerprint density at radius 1 is 1.25 bits per heavy atom. The van der Waals surface area contributed by atoms with Gasteiger partial charge < -0.3 is 24.3 Å². The van der Waals surface area contributed by atoms with Crippen LogP contribution in [-0.2, 0) is 15.9 Å². The van der Waals surface area contributed by atoms with E-state index in [1.165, 1.54) is 0 Å². The zero-order valence-corrected chi connectivity index (χ0v) is 21.0. The van der Waals surface area contributed by atoms with Crippen LogP contribution in [0, 0.1) is 35.0 Å². The number of carbonyl (C=O) groups is 1. The normalized spacial score (nSPS) is 24.3. The molecule has 0 bridgehead atoms. The summed E-state index contributed by atoms with van der Waals surface area (Å²) in [5.41, 5.74) is 0.866. The first kappa shape index (κ1) is 26.1. The average Bonchev–Trinajstić information content (AvgIpc) is 3.48. The molecule has 8 heteroatoms. The van der Waals surface area contributed by atoms with E-state index in [4.69, 9.17) is 13.9 Å². The number of ether oxygens (including phenoxy) is 2. The number of furan rings is 1. The van der Waals surface area contributed by atoms with E-state index in [-0.39, 0.29) is 23.3 Å². The van der Waals surface area contributed by atoms with E-state index in [1.807, 2.05) is 18.2 Å². The Balaban J connectivity index is 1.23. The highest BCUT2D eigenvalue weighted by molar-refractivity contribution is 5.86. The summed E-state index contributed by atoms with van der Waals surface area (Å²) < 4.78 is 16.5. The number of hydrogen-bond acceptors (Lipinski definition) is 8. The summed E-state index contributed by atoms with van der Waals surface area (Å²) in [4.78, 5) is 14.6. The Hall–Kier alpha value is -3.02. The van der Waals surface area contributed by atoms with Crippen molar-refractivity contribution < 1.29 is 23.8 Å². The molecule has 8 nitrogen and oxygen atoms in total. The first-order valence-corrected chi connectivity index (χ1v) is 13.0. The lowest BCUT2D eigenvalue weighted by atomic mass is 9.83. The van der Waals surface area contributed by atoms with Gasteiger partial charge in [0.25, 0.3) is 0 Å². The van der Waals surface area contributed by atoms with Gasteiger partial charge in [0, 0.05) is 44.4 Å². The molecular formula is C28H37N3O5. The van der Waals surface area contributed by atoms with E-state index in [0.29, 0.717) is 31.5 Å². The fourth-order valence-corrected chi connectivity index (χ4v) is 5.56. The lowest BCUT2D eigenvalue weighted by Gasteiger charge is -2.26. The molecule has 2 unspecified atom stereocenters. The number of benzene rings is 1. The third-order valence-corrected chi connectivity index (χ3v) is 7.55. The van der Waals surface area contributed by atoms with Crippen LogP contribution in [0.15, 0.2) is 40.8 Å². The minimum Gasteiger partial charge on any atom is -0.508 e. The fraction of sp³-hybridized carbons (Fsp3) is 0.571. The molecule has 1 aromatic heterocycles. The number of nitriles is 1. The van der Waals surface area contributed by atoms with Crippen molar-refractivity contribution in [3.8, 4) is 11.8 Å². The van der Waals surface area contributed by atoms with Gasteiger partial charge in [-0.1, -0.05) is 13.0 Å². The van der Waals surface area contributed by atoms with Crippen LogP contribution in [0.1, 0.15) is 42.5 Å². The first-order chi connectivity index (χ1) is 17.5. The number of esters is 1. The van der Waals surface area contributed by atoms with Crippen molar-refractivity contribution in [3.05, 3.63) is 47.9 Å². The van der Waals surface area contributed by atoms with Crippen LogP contribution in [0.4, 0.5) is 5.69 Å². The third kappa shape index (κ3) is 7.02. The van der Waals surface area contributed by atoms with Gasteiger partial charge in [0.15, 0.2) is 0 Å². The molecule has 4 rings (SSSR count). The molecule has 1 saturated carbocycles. The Morgan fingerprint density at radius 3 is 2.86 bits per heavy atom. The van der Waals surface area contributed by atoms with E-state index in [9.17, 15) is 15.2 Å². The van der Waals surface area contributed by atoms with E-state index in [1.54, 1.807) is 18.2 Å². The number of aromatic hydroxyl groups is 1. The molecule has 4 atom stereocenters. The predicted molar refractivity (Wildman–Crippen MR) is 136 cm³/mol. The topological polar surface area (TPSA) is 108 Å². The maximum atomic E-state index is 12.3. The first-order valence-electron chi connectivity index (χ1n) is 13.0. The quantitative estimate of drug-likeness (QED) is 0.444. The summed E-state index contributed by atoms with van der Waals surface area (Å²) in [5, 5.41) is 22.9. The summed E-state index contributed by atoms with van der Waals surface area (Å²) in [6.07, 6.45) is 3.57. The van der Waals surface area contributed by atoms with Crippen molar-refractivity contribution in [2.24, 2.45) is 23.7 Å². The zero-order valence-electron chi connectivity index (χ0n) is 21.0. The van der Waals surface area contributed by atoms with Crippen molar-refractivity contribution in [1.82, 2.24) is 4.90 Å². The Kier molecular flexibility index (Phi) is 9.26. The number of nitrogens with one attached hydrogen (secondary N) is 1. The Labute approximate surface area is 213 Å². The minimum absolute atomic E-state index is 0.0252. The van der Waals surface area contributed by atoms with Crippen molar-refractivity contribution in [1.29, 1.82) is 5.26 Å². The van der Waals surface area contributed by atoms with Crippen molar-refractivity contribution in [2.75, 3.05) is 51.3 Å². The number of phenols is 1. The molecular weight excluding hydrogens is 458 g/mol. The number of phenolic OH excluding ortho intramolecular Hbond substituents is 1. The van der Waals surface area contributed by atoms with Crippen LogP contribution < -0.4 is 5.32 Å². The molecule has 2 aliphatic rings. The standard InChI is InChI=1S/C28H37N3O5/c1-20-16-21(18-29)26(19-30-22-4-2-5-23(32)17-22)25(20)7-3-6-24-8-9-27(36-24)28(33)35-15-12-31-10-13-34-14-11-31/h2,4-5,8-9,17,20-21,25-26,30,32H,3,6-7,10-16,19H2,1H3/t20?,21?,25-,26-/m0/s1. The number of nitrogens with zero attached hydrogens (tertiary/aromatic N) is 2. The molecule has 194 valence electrons. The summed E-state index contributed by atoms with van der Waals surface area (Å²) >= 11 is 0. The SMILES string of the molecule is CC1CC(C#N)[C@H](CNc2cccc(O)c2)[C@H]1CCCc1ccc(C(=O)OCCN2CCOCC2)o1. The average molecular weight is 496 g/mol. The number of rotatable bonds is 11. The van der Waals surface area contributed by atoms with E-state index in [2.05, 4.69) is 23.2 Å². The van der Waals surface area contributed by atoms with Crippen LogP contribution in [0.5, 0.6) is 5.75 Å². The van der Waals surface area contributed by atoms with Gasteiger partial charge in [-0.15, -0.1) is 0 Å². The van der Waals surface area contributed by atoms with Crippen LogP contribution >= 0.6 is 0 Å². The highest BCUT2D eigenvalue weighted by Gasteiger charge is 2.40. The molecule has 1 saturated heterocycles. The molecule has 2 aromatic rings. The lowest BCUT2D eigenvalue weighted by molar-refractivity contribution is 0.0181. The van der Waals surface area contributed by atoms with Crippen LogP contribution in [0.2, 0.25) is 0 Å². The summed E-state index contributed by atoms with van der Waals surface area (Å²) in [6.45, 7) is 7.16. The van der Waals surface area contributed by atoms with Gasteiger partial charge in [-0.2, -0.15) is 5.26 Å². The highest BCUT2D eigenvalue weighted by Crippen LogP contribution is 2.44. The second-order valence-corrected chi connectivity index (χ2v) is 9.96. The van der Waals surface area contributed by atoms with Gasteiger partial charge in [0.1, 0.15) is 18.1 Å². The molecule has 2 fully saturated rings. The number of hydrogen-bond donors (Lipinski definition) is 2. The van der Waals surface area contributed by atoms with Crippen molar-refractivity contribution in [2.45, 2.75) is 32.6 Å². The number of carbonyl (C=O) groups excluding carboxylic acids is 1. The smallest absolute Gasteiger partial charge is 0.374 e. The van der Waals surface area contributed by atoms with Gasteiger partial charge in [-0.05, 0) is 61.3 Å². The second-order valence-electron chi connectivity index (χ2n) is 9.96. The van der Waals surface area contributed by atoms with E-state index in [0.717, 1.165) is 63.4 Å².